The molecule has 10 heteroatoms. The van der Waals surface area contributed by atoms with Crippen molar-refractivity contribution in [3.05, 3.63) is 78.3 Å². The van der Waals surface area contributed by atoms with Gasteiger partial charge in [0.2, 0.25) is 10.0 Å². The van der Waals surface area contributed by atoms with Gasteiger partial charge in [-0.25, -0.2) is 13.1 Å². The van der Waals surface area contributed by atoms with Gasteiger partial charge >= 0.3 is 0 Å². The first kappa shape index (κ1) is 22.6. The summed E-state index contributed by atoms with van der Waals surface area (Å²) in [7, 11) is -0.456. The molecule has 31 heavy (non-hydrogen) atoms. The summed E-state index contributed by atoms with van der Waals surface area (Å²) in [5, 5.41) is 2.60. The highest BCUT2D eigenvalue weighted by Gasteiger charge is 2.17. The number of thioether (sulfide) groups is 1. The van der Waals surface area contributed by atoms with Crippen LogP contribution in [0.25, 0.3) is 0 Å². The summed E-state index contributed by atoms with van der Waals surface area (Å²) >= 11 is 1.00. The summed E-state index contributed by atoms with van der Waals surface area (Å²) in [6.07, 6.45) is 1.46. The van der Waals surface area contributed by atoms with Gasteiger partial charge in [0.05, 0.1) is 23.4 Å². The zero-order valence-corrected chi connectivity index (χ0v) is 18.5. The number of rotatable bonds is 7. The minimum Gasteiger partial charge on any atom is -0.468 e. The number of carbonyl (C=O) groups is 2. The normalized spacial score (nSPS) is 11.2. The van der Waals surface area contributed by atoms with E-state index < -0.39 is 15.9 Å². The van der Waals surface area contributed by atoms with E-state index in [1.807, 2.05) is 0 Å². The number of benzene rings is 2. The van der Waals surface area contributed by atoms with Crippen molar-refractivity contribution in [2.45, 2.75) is 16.3 Å². The predicted octanol–water partition coefficient (Wildman–Crippen LogP) is 3.78. The van der Waals surface area contributed by atoms with Gasteiger partial charge < -0.3 is 14.6 Å². The minimum absolute atomic E-state index is 0.0255. The second-order valence-electron chi connectivity index (χ2n) is 6.64. The van der Waals surface area contributed by atoms with E-state index in [0.717, 1.165) is 11.8 Å². The van der Waals surface area contributed by atoms with Gasteiger partial charge in [-0.05, 0) is 60.3 Å². The van der Waals surface area contributed by atoms with E-state index in [2.05, 4.69) is 10.0 Å². The van der Waals surface area contributed by atoms with Crippen LogP contribution in [0.1, 0.15) is 16.1 Å². The average Bonchev–Trinajstić information content (AvgIpc) is 3.27. The molecule has 0 bridgehead atoms. The number of hydrogen-bond donors (Lipinski definition) is 2. The number of amides is 2. The molecule has 1 heterocycles. The summed E-state index contributed by atoms with van der Waals surface area (Å²) in [5.74, 6) is 0.0710. The van der Waals surface area contributed by atoms with Crippen LogP contribution in [0.5, 0.6) is 0 Å². The van der Waals surface area contributed by atoms with Gasteiger partial charge in [-0.1, -0.05) is 12.1 Å². The predicted molar refractivity (Wildman–Crippen MR) is 119 cm³/mol. The van der Waals surface area contributed by atoms with Crippen molar-refractivity contribution in [3.63, 3.8) is 0 Å². The zero-order valence-electron chi connectivity index (χ0n) is 16.9. The highest BCUT2D eigenvalue weighted by molar-refractivity contribution is 8.13. The van der Waals surface area contributed by atoms with Crippen molar-refractivity contribution in [1.82, 2.24) is 9.62 Å². The first-order valence-electron chi connectivity index (χ1n) is 9.18. The maximum atomic E-state index is 12.6. The van der Waals surface area contributed by atoms with Crippen molar-refractivity contribution < 1.29 is 22.4 Å². The molecule has 3 rings (SSSR count). The van der Waals surface area contributed by atoms with E-state index in [1.165, 1.54) is 35.4 Å². The Morgan fingerprint density at radius 3 is 2.35 bits per heavy atom. The number of hydrogen-bond acceptors (Lipinski definition) is 6. The number of furan rings is 1. The molecular formula is C21H21N3O5S2. The van der Waals surface area contributed by atoms with Gasteiger partial charge in [-0.2, -0.15) is 0 Å². The SMILES string of the molecule is CN(C)C(=O)Sc1ccccc1NC(=O)c1ccc(S(=O)(=O)NCc2ccco2)cc1. The molecular weight excluding hydrogens is 438 g/mol. The number of carbonyl (C=O) groups excluding carboxylic acids is 2. The molecule has 0 unspecified atom stereocenters. The average molecular weight is 460 g/mol. The standard InChI is InChI=1S/C21H21N3O5S2/c1-24(2)21(26)30-19-8-4-3-7-18(19)23-20(25)15-9-11-17(12-10-15)31(27,28)22-14-16-6-5-13-29-16/h3-13,22H,14H2,1-2H3,(H,23,25). The topological polar surface area (TPSA) is 109 Å². The lowest BCUT2D eigenvalue weighted by Crippen LogP contribution is -2.23. The molecule has 0 fully saturated rings. The lowest BCUT2D eigenvalue weighted by Gasteiger charge is -2.13. The molecule has 0 saturated carbocycles. The first-order valence-corrected chi connectivity index (χ1v) is 11.5. The molecule has 0 atom stereocenters. The smallest absolute Gasteiger partial charge is 0.286 e. The van der Waals surface area contributed by atoms with Crippen LogP contribution in [0.2, 0.25) is 0 Å². The maximum Gasteiger partial charge on any atom is 0.286 e. The summed E-state index contributed by atoms with van der Waals surface area (Å²) in [6, 6.07) is 15.9. The number of nitrogens with one attached hydrogen (secondary N) is 2. The highest BCUT2D eigenvalue weighted by atomic mass is 32.2. The van der Waals surface area contributed by atoms with Gasteiger partial charge in [0, 0.05) is 24.6 Å². The van der Waals surface area contributed by atoms with Crippen LogP contribution in [-0.4, -0.2) is 38.6 Å². The fraction of sp³-hybridized carbons (Fsp3) is 0.143. The van der Waals surface area contributed by atoms with Gasteiger partial charge in [-0.15, -0.1) is 0 Å². The molecule has 0 aliphatic heterocycles. The quantitative estimate of drug-likeness (QED) is 0.521. The third-order valence-electron chi connectivity index (χ3n) is 4.14. The molecule has 1 aromatic heterocycles. The van der Waals surface area contributed by atoms with Crippen LogP contribution in [0.4, 0.5) is 10.5 Å². The van der Waals surface area contributed by atoms with Gasteiger partial charge in [0.15, 0.2) is 0 Å². The summed E-state index contributed by atoms with van der Waals surface area (Å²) in [4.78, 5) is 26.7. The van der Waals surface area contributed by atoms with E-state index in [9.17, 15) is 18.0 Å². The molecule has 0 spiro atoms. The van der Waals surface area contributed by atoms with Crippen molar-refractivity contribution >= 4 is 38.6 Å². The molecule has 2 amide bonds. The Hall–Kier alpha value is -3.08. The Morgan fingerprint density at radius 2 is 1.71 bits per heavy atom. The van der Waals surface area contributed by atoms with Crippen LogP contribution in [0.15, 0.2) is 81.1 Å². The molecule has 3 aromatic rings. The van der Waals surface area contributed by atoms with Crippen LogP contribution < -0.4 is 10.0 Å². The number of anilines is 1. The highest BCUT2D eigenvalue weighted by Crippen LogP contribution is 2.29. The molecule has 0 aliphatic carbocycles. The third kappa shape index (κ3) is 5.97. The fourth-order valence-corrected chi connectivity index (χ4v) is 4.23. The summed E-state index contributed by atoms with van der Waals surface area (Å²) in [5.41, 5.74) is 0.772. The van der Waals surface area contributed by atoms with Gasteiger partial charge in [0.25, 0.3) is 11.1 Å². The summed E-state index contributed by atoms with van der Waals surface area (Å²) in [6.45, 7) is 0.0255. The Morgan fingerprint density at radius 1 is 1.00 bits per heavy atom. The van der Waals surface area contributed by atoms with Crippen molar-refractivity contribution in [2.24, 2.45) is 0 Å². The monoisotopic (exact) mass is 459 g/mol. The molecule has 8 nitrogen and oxygen atoms in total. The van der Waals surface area contributed by atoms with Crippen LogP contribution in [0, 0.1) is 0 Å². The minimum atomic E-state index is -3.75. The van der Waals surface area contributed by atoms with Crippen molar-refractivity contribution in [3.8, 4) is 0 Å². The second kappa shape index (κ2) is 9.82. The van der Waals surface area contributed by atoms with E-state index in [4.69, 9.17) is 4.42 Å². The third-order valence-corrected chi connectivity index (χ3v) is 6.67. The largest absolute Gasteiger partial charge is 0.468 e. The van der Waals surface area contributed by atoms with E-state index >= 15 is 0 Å². The summed E-state index contributed by atoms with van der Waals surface area (Å²) < 4.78 is 32.4. The van der Waals surface area contributed by atoms with E-state index in [0.29, 0.717) is 16.3 Å². The maximum absolute atomic E-state index is 12.6. The fourth-order valence-electron chi connectivity index (χ4n) is 2.49. The van der Waals surface area contributed by atoms with Crippen LogP contribution in [0.3, 0.4) is 0 Å². The molecule has 2 aromatic carbocycles. The Labute approximate surface area is 184 Å². The van der Waals surface area contributed by atoms with Crippen molar-refractivity contribution in [2.75, 3.05) is 19.4 Å². The molecule has 0 aliphatic rings. The lowest BCUT2D eigenvalue weighted by molar-refractivity contribution is 0.102. The number of nitrogens with zero attached hydrogens (tertiary/aromatic N) is 1. The Bertz CT molecular complexity index is 1160. The Balaban J connectivity index is 1.69. The number of para-hydroxylation sites is 1. The zero-order chi connectivity index (χ0) is 22.4. The van der Waals surface area contributed by atoms with Crippen molar-refractivity contribution in [1.29, 1.82) is 0 Å². The first-order chi connectivity index (χ1) is 14.8. The molecule has 2 N–H and O–H groups in total. The van der Waals surface area contributed by atoms with E-state index in [1.54, 1.807) is 50.5 Å². The number of sulfonamides is 1. The van der Waals surface area contributed by atoms with Gasteiger partial charge in [0.1, 0.15) is 5.76 Å². The second-order valence-corrected chi connectivity index (χ2v) is 9.40. The Kier molecular flexibility index (Phi) is 7.16. The van der Waals surface area contributed by atoms with Gasteiger partial charge in [-0.3, -0.25) is 9.59 Å². The van der Waals surface area contributed by atoms with Crippen LogP contribution in [-0.2, 0) is 16.6 Å². The lowest BCUT2D eigenvalue weighted by atomic mass is 10.2. The molecule has 0 saturated heterocycles. The molecule has 162 valence electrons. The van der Waals surface area contributed by atoms with Crippen LogP contribution >= 0.6 is 11.8 Å². The molecule has 0 radical (unpaired) electrons. The van der Waals surface area contributed by atoms with E-state index in [-0.39, 0.29) is 22.2 Å².